The fourth-order valence-corrected chi connectivity index (χ4v) is 3.14. The predicted octanol–water partition coefficient (Wildman–Crippen LogP) is 4.30. The van der Waals surface area contributed by atoms with E-state index in [9.17, 15) is 18.0 Å². The van der Waals surface area contributed by atoms with Crippen LogP contribution in [0.2, 0.25) is 0 Å². The van der Waals surface area contributed by atoms with Crippen LogP contribution in [0, 0.1) is 0 Å². The average Bonchev–Trinajstić information content (AvgIpc) is 3.13. The maximum absolute atomic E-state index is 12.8. The molecule has 1 amide bonds. The summed E-state index contributed by atoms with van der Waals surface area (Å²) in [5, 5.41) is 8.66. The number of aromatic amines is 1. The molecule has 3 rings (SSSR count). The lowest BCUT2D eigenvalue weighted by molar-refractivity contribution is -0.137. The molecule has 2 N–H and O–H groups in total. The van der Waals surface area contributed by atoms with Crippen molar-refractivity contribution in [2.45, 2.75) is 16.6 Å². The Labute approximate surface area is 151 Å². The predicted molar refractivity (Wildman–Crippen MR) is 91.5 cm³/mol. The van der Waals surface area contributed by atoms with Crippen LogP contribution < -0.4 is 5.32 Å². The van der Waals surface area contributed by atoms with Crippen LogP contribution in [0.25, 0.3) is 0 Å². The van der Waals surface area contributed by atoms with Crippen LogP contribution in [0.1, 0.15) is 16.4 Å². The van der Waals surface area contributed by atoms with Crippen molar-refractivity contribution >= 4 is 23.4 Å². The molecule has 1 aromatic heterocycles. The largest absolute Gasteiger partial charge is 0.416 e. The number of nitrogens with one attached hydrogen (secondary N) is 2. The molecule has 0 spiro atoms. The molecule has 1 heterocycles. The lowest BCUT2D eigenvalue weighted by atomic mass is 10.1. The van der Waals surface area contributed by atoms with Crippen LogP contribution in [0.4, 0.5) is 18.9 Å². The number of anilines is 1. The van der Waals surface area contributed by atoms with Gasteiger partial charge in [0.1, 0.15) is 11.6 Å². The van der Waals surface area contributed by atoms with Gasteiger partial charge in [0.25, 0.3) is 0 Å². The minimum absolute atomic E-state index is 0.0731. The lowest BCUT2D eigenvalue weighted by Gasteiger charge is -2.16. The van der Waals surface area contributed by atoms with Crippen LogP contribution in [-0.2, 0) is 11.0 Å². The van der Waals surface area contributed by atoms with Gasteiger partial charge in [-0.1, -0.05) is 48.2 Å². The number of carbonyl (C=O) groups excluding carboxylic acids is 1. The molecule has 9 heteroatoms. The Balaban J connectivity index is 1.84. The van der Waals surface area contributed by atoms with Crippen molar-refractivity contribution in [3.8, 4) is 0 Å². The van der Waals surface area contributed by atoms with Gasteiger partial charge < -0.3 is 5.32 Å². The van der Waals surface area contributed by atoms with Gasteiger partial charge in [0.05, 0.1) is 5.56 Å². The maximum Gasteiger partial charge on any atom is 0.416 e. The fraction of sp³-hybridized carbons (Fsp3) is 0.118. The van der Waals surface area contributed by atoms with Crippen LogP contribution in [0.15, 0.2) is 66.1 Å². The summed E-state index contributed by atoms with van der Waals surface area (Å²) in [6.45, 7) is 0. The van der Waals surface area contributed by atoms with Crippen LogP contribution in [0.5, 0.6) is 0 Å². The first-order valence-corrected chi connectivity index (χ1v) is 8.36. The van der Waals surface area contributed by atoms with Gasteiger partial charge >= 0.3 is 6.18 Å². The third kappa shape index (κ3) is 4.42. The van der Waals surface area contributed by atoms with Gasteiger partial charge in [-0.3, -0.25) is 9.89 Å². The second kappa shape index (κ2) is 7.61. The molecular formula is C17H13F3N4OS. The Morgan fingerprint density at radius 1 is 1.12 bits per heavy atom. The first kappa shape index (κ1) is 18.0. The summed E-state index contributed by atoms with van der Waals surface area (Å²) in [6.07, 6.45) is -3.16. The number of hydrogen-bond donors (Lipinski definition) is 2. The van der Waals surface area contributed by atoms with E-state index in [-0.39, 0.29) is 5.69 Å². The lowest BCUT2D eigenvalue weighted by Crippen LogP contribution is -2.19. The van der Waals surface area contributed by atoms with Crippen molar-refractivity contribution in [1.29, 1.82) is 0 Å². The molecule has 26 heavy (non-hydrogen) atoms. The Bertz CT molecular complexity index is 869. The molecule has 3 aromatic rings. The van der Waals surface area contributed by atoms with Crippen molar-refractivity contribution in [1.82, 2.24) is 15.2 Å². The van der Waals surface area contributed by atoms with E-state index in [2.05, 4.69) is 20.5 Å². The van der Waals surface area contributed by atoms with Crippen molar-refractivity contribution in [3.63, 3.8) is 0 Å². The SMILES string of the molecule is O=C(Nc1cccc(C(F)(F)F)c1)[C@@H](Sc1ncn[nH]1)c1ccccc1. The Morgan fingerprint density at radius 3 is 2.54 bits per heavy atom. The zero-order valence-electron chi connectivity index (χ0n) is 13.2. The Kier molecular flexibility index (Phi) is 5.27. The van der Waals surface area contributed by atoms with E-state index in [1.54, 1.807) is 24.3 Å². The summed E-state index contributed by atoms with van der Waals surface area (Å²) in [6, 6.07) is 13.4. The number of carbonyl (C=O) groups is 1. The van der Waals surface area contributed by atoms with Crippen LogP contribution >= 0.6 is 11.8 Å². The monoisotopic (exact) mass is 378 g/mol. The molecule has 134 valence electrons. The van der Waals surface area contributed by atoms with Crippen molar-refractivity contribution < 1.29 is 18.0 Å². The third-order valence-electron chi connectivity index (χ3n) is 3.42. The highest BCUT2D eigenvalue weighted by Crippen LogP contribution is 2.35. The second-order valence-electron chi connectivity index (χ2n) is 5.27. The Hall–Kier alpha value is -2.81. The smallest absolute Gasteiger partial charge is 0.325 e. The quantitative estimate of drug-likeness (QED) is 0.650. The Morgan fingerprint density at radius 2 is 1.88 bits per heavy atom. The van der Waals surface area contributed by atoms with E-state index >= 15 is 0 Å². The summed E-state index contributed by atoms with van der Waals surface area (Å²) < 4.78 is 38.5. The minimum Gasteiger partial charge on any atom is -0.325 e. The maximum atomic E-state index is 12.8. The van der Waals surface area contributed by atoms with Gasteiger partial charge in [-0.05, 0) is 23.8 Å². The number of H-pyrrole nitrogens is 1. The molecule has 0 saturated heterocycles. The number of alkyl halides is 3. The summed E-state index contributed by atoms with van der Waals surface area (Å²) >= 11 is 1.12. The number of hydrogen-bond acceptors (Lipinski definition) is 4. The number of benzene rings is 2. The first-order valence-electron chi connectivity index (χ1n) is 7.48. The second-order valence-corrected chi connectivity index (χ2v) is 6.36. The summed E-state index contributed by atoms with van der Waals surface area (Å²) in [5.41, 5.74) is -0.0586. The van der Waals surface area contributed by atoms with Gasteiger partial charge in [-0.2, -0.15) is 18.3 Å². The number of amides is 1. The zero-order chi connectivity index (χ0) is 18.6. The molecule has 0 aliphatic rings. The number of aromatic nitrogens is 3. The highest BCUT2D eigenvalue weighted by molar-refractivity contribution is 8.00. The normalized spacial score (nSPS) is 12.6. The molecule has 0 radical (unpaired) electrons. The highest BCUT2D eigenvalue weighted by atomic mass is 32.2. The molecule has 0 aliphatic heterocycles. The van der Waals surface area contributed by atoms with E-state index in [1.807, 2.05) is 6.07 Å². The molecule has 0 fully saturated rings. The number of rotatable bonds is 5. The van der Waals surface area contributed by atoms with Gasteiger partial charge in [0, 0.05) is 5.69 Å². The number of thioether (sulfide) groups is 1. The summed E-state index contributed by atoms with van der Waals surface area (Å²) in [5.74, 6) is -0.461. The van der Waals surface area contributed by atoms with E-state index in [0.717, 1.165) is 23.9 Å². The number of halogens is 3. The molecule has 0 saturated carbocycles. The molecular weight excluding hydrogens is 365 g/mol. The van der Waals surface area contributed by atoms with E-state index < -0.39 is 22.9 Å². The summed E-state index contributed by atoms with van der Waals surface area (Å²) in [7, 11) is 0. The fourth-order valence-electron chi connectivity index (χ4n) is 2.24. The molecule has 0 aliphatic carbocycles. The molecule has 0 unspecified atom stereocenters. The first-order chi connectivity index (χ1) is 12.4. The van der Waals surface area contributed by atoms with Gasteiger partial charge in [-0.15, -0.1) is 0 Å². The van der Waals surface area contributed by atoms with Gasteiger partial charge in [0.15, 0.2) is 5.16 Å². The summed E-state index contributed by atoms with van der Waals surface area (Å²) in [4.78, 5) is 16.7. The van der Waals surface area contributed by atoms with Crippen LogP contribution in [-0.4, -0.2) is 21.1 Å². The highest BCUT2D eigenvalue weighted by Gasteiger charge is 2.31. The van der Waals surface area contributed by atoms with E-state index in [4.69, 9.17) is 0 Å². The van der Waals surface area contributed by atoms with E-state index in [0.29, 0.717) is 10.7 Å². The molecule has 0 bridgehead atoms. The van der Waals surface area contributed by atoms with Crippen molar-refractivity contribution in [2.24, 2.45) is 0 Å². The topological polar surface area (TPSA) is 70.7 Å². The van der Waals surface area contributed by atoms with Gasteiger partial charge in [0.2, 0.25) is 5.91 Å². The molecule has 1 atom stereocenters. The minimum atomic E-state index is -4.48. The standard InChI is InChI=1S/C17H13F3N4OS/c18-17(19,20)12-7-4-8-13(9-12)23-15(25)14(11-5-2-1-3-6-11)26-16-21-10-22-24-16/h1-10,14H,(H,23,25)(H,21,22,24)/t14-/m0/s1. The average molecular weight is 378 g/mol. The van der Waals surface area contributed by atoms with Crippen molar-refractivity contribution in [3.05, 3.63) is 72.1 Å². The van der Waals surface area contributed by atoms with E-state index in [1.165, 1.54) is 18.5 Å². The molecule has 5 nitrogen and oxygen atoms in total. The van der Waals surface area contributed by atoms with Crippen LogP contribution in [0.3, 0.4) is 0 Å². The molecule has 2 aromatic carbocycles. The van der Waals surface area contributed by atoms with Crippen molar-refractivity contribution in [2.75, 3.05) is 5.32 Å². The van der Waals surface area contributed by atoms with Gasteiger partial charge in [-0.25, -0.2) is 4.98 Å². The third-order valence-corrected chi connectivity index (χ3v) is 4.56. The number of nitrogens with zero attached hydrogens (tertiary/aromatic N) is 2. The zero-order valence-corrected chi connectivity index (χ0v) is 14.0.